The largest absolute Gasteiger partial charge is 0.310 e. The van der Waals surface area contributed by atoms with Crippen molar-refractivity contribution < 1.29 is 0 Å². The topological polar surface area (TPSA) is 12.0 Å². The van der Waals surface area contributed by atoms with Crippen LogP contribution in [0.3, 0.4) is 0 Å². The molecule has 1 aromatic heterocycles. The van der Waals surface area contributed by atoms with Gasteiger partial charge in [-0.15, -0.1) is 0 Å². The standard InChI is InChI=1S/C15H21NS/c1-2-16-15(11-5-6-17-8-11)14-12-9-3-4-10(7-9)13(12)14/h5-6,8-10,12-16H,2-4,7H2,1H3. The Kier molecular flexibility index (Phi) is 2.38. The fourth-order valence-corrected chi connectivity index (χ4v) is 5.68. The maximum atomic E-state index is 3.75. The van der Waals surface area contributed by atoms with E-state index in [1.165, 1.54) is 12.8 Å². The van der Waals surface area contributed by atoms with E-state index in [1.54, 1.807) is 12.0 Å². The van der Waals surface area contributed by atoms with Crippen LogP contribution < -0.4 is 5.32 Å². The van der Waals surface area contributed by atoms with E-state index in [0.717, 1.165) is 36.1 Å². The molecule has 0 saturated heterocycles. The molecular formula is C15H21NS. The molecule has 2 bridgehead atoms. The summed E-state index contributed by atoms with van der Waals surface area (Å²) >= 11 is 1.84. The molecule has 0 spiro atoms. The monoisotopic (exact) mass is 247 g/mol. The molecule has 5 atom stereocenters. The molecule has 3 aliphatic rings. The lowest BCUT2D eigenvalue weighted by molar-refractivity contribution is 0.375. The molecule has 0 amide bonds. The second-order valence-electron chi connectivity index (χ2n) is 6.16. The van der Waals surface area contributed by atoms with Gasteiger partial charge in [0, 0.05) is 6.04 Å². The summed E-state index contributed by atoms with van der Waals surface area (Å²) in [7, 11) is 0. The van der Waals surface area contributed by atoms with Crippen molar-refractivity contribution in [2.45, 2.75) is 32.2 Å². The molecule has 0 aliphatic heterocycles. The predicted molar refractivity (Wildman–Crippen MR) is 72.0 cm³/mol. The Morgan fingerprint density at radius 2 is 2.12 bits per heavy atom. The maximum Gasteiger partial charge on any atom is 0.0362 e. The molecular weight excluding hydrogens is 226 g/mol. The number of fused-ring (bicyclic) bond motifs is 5. The minimum atomic E-state index is 0.657. The lowest BCUT2D eigenvalue weighted by atomic mass is 9.94. The van der Waals surface area contributed by atoms with Gasteiger partial charge in [-0.1, -0.05) is 6.92 Å². The third kappa shape index (κ3) is 1.47. The molecule has 3 aliphatic carbocycles. The second kappa shape index (κ2) is 3.83. The Labute approximate surface area is 108 Å². The zero-order valence-corrected chi connectivity index (χ0v) is 11.2. The highest BCUT2D eigenvalue weighted by molar-refractivity contribution is 7.07. The average molecular weight is 247 g/mol. The van der Waals surface area contributed by atoms with E-state index in [9.17, 15) is 0 Å². The van der Waals surface area contributed by atoms with Gasteiger partial charge in [-0.2, -0.15) is 11.3 Å². The number of hydrogen-bond donors (Lipinski definition) is 1. The summed E-state index contributed by atoms with van der Waals surface area (Å²) < 4.78 is 0. The van der Waals surface area contributed by atoms with E-state index in [2.05, 4.69) is 29.1 Å². The van der Waals surface area contributed by atoms with Gasteiger partial charge in [-0.3, -0.25) is 0 Å². The van der Waals surface area contributed by atoms with Gasteiger partial charge >= 0.3 is 0 Å². The number of nitrogens with one attached hydrogen (secondary N) is 1. The Hall–Kier alpha value is -0.340. The van der Waals surface area contributed by atoms with E-state index in [0.29, 0.717) is 6.04 Å². The van der Waals surface area contributed by atoms with Crippen LogP contribution in [0.25, 0.3) is 0 Å². The highest BCUT2D eigenvalue weighted by Gasteiger charge is 2.66. The molecule has 1 aromatic rings. The molecule has 0 aromatic carbocycles. The number of hydrogen-bond acceptors (Lipinski definition) is 2. The van der Waals surface area contributed by atoms with Crippen LogP contribution in [0.5, 0.6) is 0 Å². The lowest BCUT2D eigenvalue weighted by Crippen LogP contribution is -2.24. The average Bonchev–Trinajstić information content (AvgIpc) is 2.82. The van der Waals surface area contributed by atoms with Crippen LogP contribution in [0.4, 0.5) is 0 Å². The zero-order valence-electron chi connectivity index (χ0n) is 10.4. The highest BCUT2D eigenvalue weighted by Crippen LogP contribution is 2.72. The SMILES string of the molecule is CCNC(c1ccsc1)C1C2C3CCC(C3)C21. The van der Waals surface area contributed by atoms with Gasteiger partial charge in [-0.25, -0.2) is 0 Å². The van der Waals surface area contributed by atoms with Crippen molar-refractivity contribution in [3.05, 3.63) is 22.4 Å². The summed E-state index contributed by atoms with van der Waals surface area (Å²) in [6.45, 7) is 3.35. The molecule has 4 rings (SSSR count). The van der Waals surface area contributed by atoms with E-state index >= 15 is 0 Å². The Balaban J connectivity index is 1.57. The fourth-order valence-electron chi connectivity index (χ4n) is 4.99. The van der Waals surface area contributed by atoms with Gasteiger partial charge in [0.05, 0.1) is 0 Å². The molecule has 1 nitrogen and oxygen atoms in total. The van der Waals surface area contributed by atoms with E-state index in [-0.39, 0.29) is 0 Å². The van der Waals surface area contributed by atoms with E-state index in [1.807, 2.05) is 11.3 Å². The summed E-state index contributed by atoms with van der Waals surface area (Å²) in [6.07, 6.45) is 4.63. The second-order valence-corrected chi connectivity index (χ2v) is 6.94. The minimum absolute atomic E-state index is 0.657. The van der Waals surface area contributed by atoms with Crippen LogP contribution >= 0.6 is 11.3 Å². The van der Waals surface area contributed by atoms with Gasteiger partial charge in [0.2, 0.25) is 0 Å². The van der Waals surface area contributed by atoms with Crippen molar-refractivity contribution >= 4 is 11.3 Å². The molecule has 17 heavy (non-hydrogen) atoms. The van der Waals surface area contributed by atoms with Crippen LogP contribution in [-0.2, 0) is 0 Å². The quantitative estimate of drug-likeness (QED) is 0.855. The van der Waals surface area contributed by atoms with Gasteiger partial charge < -0.3 is 5.32 Å². The Morgan fingerprint density at radius 1 is 1.35 bits per heavy atom. The molecule has 3 saturated carbocycles. The van der Waals surface area contributed by atoms with Crippen LogP contribution in [0.15, 0.2) is 16.8 Å². The summed E-state index contributed by atoms with van der Waals surface area (Å²) in [5.74, 6) is 5.32. The lowest BCUT2D eigenvalue weighted by Gasteiger charge is -2.20. The normalized spacial score (nSPS) is 43.7. The molecule has 92 valence electrons. The van der Waals surface area contributed by atoms with Gasteiger partial charge in [0.25, 0.3) is 0 Å². The maximum absolute atomic E-state index is 3.75. The van der Waals surface area contributed by atoms with Gasteiger partial charge in [-0.05, 0) is 77.8 Å². The van der Waals surface area contributed by atoms with Crippen LogP contribution in [-0.4, -0.2) is 6.54 Å². The van der Waals surface area contributed by atoms with Gasteiger partial charge in [0.1, 0.15) is 0 Å². The molecule has 2 heteroatoms. The zero-order chi connectivity index (χ0) is 11.4. The molecule has 0 radical (unpaired) electrons. The number of rotatable bonds is 4. The smallest absolute Gasteiger partial charge is 0.0362 e. The van der Waals surface area contributed by atoms with Crippen LogP contribution in [0.1, 0.15) is 37.8 Å². The predicted octanol–water partition coefficient (Wildman–Crippen LogP) is 3.69. The third-order valence-electron chi connectivity index (χ3n) is 5.51. The van der Waals surface area contributed by atoms with Crippen molar-refractivity contribution in [2.24, 2.45) is 29.6 Å². The molecule has 1 heterocycles. The Bertz CT molecular complexity index is 383. The summed E-state index contributed by atoms with van der Waals surface area (Å²) in [5, 5.41) is 8.33. The first kappa shape index (κ1) is 10.6. The summed E-state index contributed by atoms with van der Waals surface area (Å²) in [5.41, 5.74) is 1.55. The molecule has 5 unspecified atom stereocenters. The first-order valence-electron chi connectivity index (χ1n) is 7.15. The molecule has 3 fully saturated rings. The van der Waals surface area contributed by atoms with Crippen molar-refractivity contribution in [3.63, 3.8) is 0 Å². The summed E-state index contributed by atoms with van der Waals surface area (Å²) in [6, 6.07) is 2.98. The fraction of sp³-hybridized carbons (Fsp3) is 0.733. The number of thiophene rings is 1. The van der Waals surface area contributed by atoms with Crippen molar-refractivity contribution in [3.8, 4) is 0 Å². The third-order valence-corrected chi connectivity index (χ3v) is 6.21. The Morgan fingerprint density at radius 3 is 2.71 bits per heavy atom. The van der Waals surface area contributed by atoms with E-state index < -0.39 is 0 Å². The van der Waals surface area contributed by atoms with Crippen molar-refractivity contribution in [1.29, 1.82) is 0 Å². The van der Waals surface area contributed by atoms with Gasteiger partial charge in [0.15, 0.2) is 0 Å². The van der Waals surface area contributed by atoms with Crippen LogP contribution in [0.2, 0.25) is 0 Å². The van der Waals surface area contributed by atoms with Crippen molar-refractivity contribution in [1.82, 2.24) is 5.32 Å². The highest BCUT2D eigenvalue weighted by atomic mass is 32.1. The molecule has 1 N–H and O–H groups in total. The van der Waals surface area contributed by atoms with E-state index in [4.69, 9.17) is 0 Å². The van der Waals surface area contributed by atoms with Crippen LogP contribution in [0, 0.1) is 29.6 Å². The van der Waals surface area contributed by atoms with Crippen molar-refractivity contribution in [2.75, 3.05) is 6.54 Å². The minimum Gasteiger partial charge on any atom is -0.310 e. The first-order valence-corrected chi connectivity index (χ1v) is 8.10. The first-order chi connectivity index (χ1) is 8.40. The summed E-state index contributed by atoms with van der Waals surface area (Å²) in [4.78, 5) is 0.